The number of benzene rings is 2. The summed E-state index contributed by atoms with van der Waals surface area (Å²) in [6.45, 7) is 9.48. The highest BCUT2D eigenvalue weighted by Gasteiger charge is 2.12. The van der Waals surface area contributed by atoms with Crippen molar-refractivity contribution < 1.29 is 23.9 Å². The predicted octanol–water partition coefficient (Wildman–Crippen LogP) is 2.47. The van der Waals surface area contributed by atoms with Gasteiger partial charge in [-0.15, -0.1) is 6.58 Å². The summed E-state index contributed by atoms with van der Waals surface area (Å²) in [5.74, 6) is -1.20. The van der Waals surface area contributed by atoms with Gasteiger partial charge in [0.2, 0.25) is 0 Å². The molecule has 3 amide bonds. The number of aryl methyl sites for hydroxylation is 2. The number of ether oxygens (including phenoxy) is 2. The second-order valence-corrected chi connectivity index (χ2v) is 6.94. The maximum absolute atomic E-state index is 12.4. The van der Waals surface area contributed by atoms with E-state index in [1.165, 1.54) is 12.3 Å². The Morgan fingerprint density at radius 3 is 2.42 bits per heavy atom. The van der Waals surface area contributed by atoms with E-state index in [9.17, 15) is 14.4 Å². The molecule has 0 atom stereocenters. The van der Waals surface area contributed by atoms with Crippen molar-refractivity contribution in [1.29, 1.82) is 0 Å². The van der Waals surface area contributed by atoms with Crippen LogP contribution in [0.3, 0.4) is 0 Å². The van der Waals surface area contributed by atoms with Crippen LogP contribution < -0.4 is 25.5 Å². The third-order valence-electron chi connectivity index (χ3n) is 4.36. The normalized spacial score (nSPS) is 10.4. The fourth-order valence-electron chi connectivity index (χ4n) is 2.78. The van der Waals surface area contributed by atoms with Crippen LogP contribution in [0.4, 0.5) is 5.69 Å². The molecular weight excluding hydrogens is 424 g/mol. The third-order valence-corrected chi connectivity index (χ3v) is 4.36. The van der Waals surface area contributed by atoms with E-state index in [0.717, 1.165) is 16.8 Å². The number of hydrogen-bond acceptors (Lipinski definition) is 6. The smallest absolute Gasteiger partial charge is 0.329 e. The Morgan fingerprint density at radius 2 is 1.76 bits per heavy atom. The first-order chi connectivity index (χ1) is 15.8. The molecule has 33 heavy (non-hydrogen) atoms. The molecule has 0 radical (unpaired) electrons. The monoisotopic (exact) mass is 452 g/mol. The number of nitrogens with one attached hydrogen (secondary N) is 3. The highest BCUT2D eigenvalue weighted by atomic mass is 16.5. The zero-order valence-corrected chi connectivity index (χ0v) is 18.9. The van der Waals surface area contributed by atoms with Crippen LogP contribution in [-0.4, -0.2) is 43.7 Å². The summed E-state index contributed by atoms with van der Waals surface area (Å²) in [7, 11) is 0. The fraction of sp³-hybridized carbons (Fsp3) is 0.250. The van der Waals surface area contributed by atoms with Gasteiger partial charge in [-0.25, -0.2) is 5.43 Å². The minimum atomic E-state index is -0.895. The molecule has 3 N–H and O–H groups in total. The fourth-order valence-corrected chi connectivity index (χ4v) is 2.78. The van der Waals surface area contributed by atoms with Gasteiger partial charge >= 0.3 is 11.8 Å². The van der Waals surface area contributed by atoms with Crippen LogP contribution in [0, 0.1) is 13.8 Å². The van der Waals surface area contributed by atoms with Gasteiger partial charge in [0.25, 0.3) is 5.91 Å². The maximum Gasteiger partial charge on any atom is 0.329 e. The van der Waals surface area contributed by atoms with Gasteiger partial charge in [-0.3, -0.25) is 14.4 Å². The molecule has 0 heterocycles. The molecule has 174 valence electrons. The van der Waals surface area contributed by atoms with Gasteiger partial charge in [0, 0.05) is 12.2 Å². The number of hydrazone groups is 1. The number of rotatable bonds is 10. The molecule has 0 aliphatic heterocycles. The molecule has 2 aromatic carbocycles. The molecule has 0 saturated heterocycles. The van der Waals surface area contributed by atoms with Crippen molar-refractivity contribution >= 4 is 29.6 Å². The number of nitrogens with zero attached hydrogens (tertiary/aromatic N) is 1. The zero-order chi connectivity index (χ0) is 24.2. The molecule has 0 fully saturated rings. The van der Waals surface area contributed by atoms with Crippen LogP contribution in [0.2, 0.25) is 0 Å². The Labute approximate surface area is 192 Å². The van der Waals surface area contributed by atoms with Gasteiger partial charge in [0.1, 0.15) is 0 Å². The lowest BCUT2D eigenvalue weighted by atomic mass is 10.1. The summed E-state index contributed by atoms with van der Waals surface area (Å²) in [5.41, 5.74) is 5.43. The second-order valence-electron chi connectivity index (χ2n) is 6.94. The minimum absolute atomic E-state index is 0.178. The van der Waals surface area contributed by atoms with E-state index in [-0.39, 0.29) is 19.1 Å². The first-order valence-corrected chi connectivity index (χ1v) is 10.3. The van der Waals surface area contributed by atoms with E-state index < -0.39 is 11.8 Å². The number of anilines is 1. The largest absolute Gasteiger partial charge is 0.490 e. The molecule has 9 nitrogen and oxygen atoms in total. The Morgan fingerprint density at radius 1 is 1.03 bits per heavy atom. The summed E-state index contributed by atoms with van der Waals surface area (Å²) in [5, 5.41) is 8.98. The quantitative estimate of drug-likeness (QED) is 0.222. The molecule has 2 rings (SSSR count). The van der Waals surface area contributed by atoms with Crippen molar-refractivity contribution in [3.05, 3.63) is 65.7 Å². The van der Waals surface area contributed by atoms with Crippen molar-refractivity contribution in [2.75, 3.05) is 25.1 Å². The van der Waals surface area contributed by atoms with Crippen LogP contribution in [0.5, 0.6) is 11.5 Å². The van der Waals surface area contributed by atoms with Crippen LogP contribution in [-0.2, 0) is 14.4 Å². The van der Waals surface area contributed by atoms with Crippen LogP contribution in [0.15, 0.2) is 54.2 Å². The molecule has 9 heteroatoms. The predicted molar refractivity (Wildman–Crippen MR) is 127 cm³/mol. The van der Waals surface area contributed by atoms with Crippen molar-refractivity contribution in [2.45, 2.75) is 20.8 Å². The lowest BCUT2D eigenvalue weighted by Crippen LogP contribution is -2.37. The van der Waals surface area contributed by atoms with E-state index in [0.29, 0.717) is 23.7 Å². The second kappa shape index (κ2) is 12.7. The van der Waals surface area contributed by atoms with Gasteiger partial charge in [0.15, 0.2) is 18.1 Å². The van der Waals surface area contributed by atoms with E-state index in [4.69, 9.17) is 9.47 Å². The maximum atomic E-state index is 12.4. The molecule has 0 saturated carbocycles. The zero-order valence-electron chi connectivity index (χ0n) is 18.9. The van der Waals surface area contributed by atoms with E-state index in [2.05, 4.69) is 27.7 Å². The highest BCUT2D eigenvalue weighted by Crippen LogP contribution is 2.28. The lowest BCUT2D eigenvalue weighted by molar-refractivity contribution is -0.139. The summed E-state index contributed by atoms with van der Waals surface area (Å²) in [6, 6.07) is 10.7. The standard InChI is InChI=1S/C24H28N4O5/c1-5-12-25-23(30)24(31)28-26-14-18-10-11-19(20(13-18)32-6-2)33-15-21(29)27-22-16(3)8-7-9-17(22)4/h5,7-11,13-14H,1,6,12,15H2,2-4H3,(H,25,30)(H,27,29)(H,28,31)/b26-14-. The topological polar surface area (TPSA) is 118 Å². The van der Waals surface area contributed by atoms with Crippen LogP contribution in [0.1, 0.15) is 23.6 Å². The van der Waals surface area contributed by atoms with Crippen molar-refractivity contribution in [1.82, 2.24) is 10.7 Å². The molecule has 0 bridgehead atoms. The number of amides is 3. The first kappa shape index (κ1) is 25.1. The third kappa shape index (κ3) is 7.80. The van der Waals surface area contributed by atoms with Gasteiger partial charge in [-0.2, -0.15) is 5.10 Å². The van der Waals surface area contributed by atoms with E-state index in [1.54, 1.807) is 18.2 Å². The Balaban J connectivity index is 1.99. The summed E-state index contributed by atoms with van der Waals surface area (Å²) in [6.07, 6.45) is 2.82. The molecular formula is C24H28N4O5. The van der Waals surface area contributed by atoms with Gasteiger partial charge in [-0.1, -0.05) is 24.3 Å². The van der Waals surface area contributed by atoms with Crippen LogP contribution >= 0.6 is 0 Å². The van der Waals surface area contributed by atoms with Crippen LogP contribution in [0.25, 0.3) is 0 Å². The van der Waals surface area contributed by atoms with E-state index in [1.807, 2.05) is 39.0 Å². The molecule has 0 unspecified atom stereocenters. The number of carbonyl (C=O) groups is 3. The average molecular weight is 453 g/mol. The van der Waals surface area contributed by atoms with Crippen molar-refractivity contribution in [2.24, 2.45) is 5.10 Å². The molecule has 0 spiro atoms. The van der Waals surface area contributed by atoms with Gasteiger partial charge in [0.05, 0.1) is 12.8 Å². The molecule has 0 aliphatic carbocycles. The summed E-state index contributed by atoms with van der Waals surface area (Å²) < 4.78 is 11.3. The number of carbonyl (C=O) groups excluding carboxylic acids is 3. The van der Waals surface area contributed by atoms with Gasteiger partial charge < -0.3 is 20.1 Å². The Hall–Kier alpha value is -4.14. The minimum Gasteiger partial charge on any atom is -0.490 e. The first-order valence-electron chi connectivity index (χ1n) is 10.3. The van der Waals surface area contributed by atoms with Crippen molar-refractivity contribution in [3.8, 4) is 11.5 Å². The van der Waals surface area contributed by atoms with Crippen molar-refractivity contribution in [3.63, 3.8) is 0 Å². The van der Waals surface area contributed by atoms with E-state index >= 15 is 0 Å². The Kier molecular flexibility index (Phi) is 9.63. The summed E-state index contributed by atoms with van der Waals surface area (Å²) in [4.78, 5) is 35.5. The Bertz CT molecular complexity index is 1030. The highest BCUT2D eigenvalue weighted by molar-refractivity contribution is 6.35. The number of para-hydroxylation sites is 1. The molecule has 2 aromatic rings. The molecule has 0 aliphatic rings. The summed E-state index contributed by atoms with van der Waals surface area (Å²) >= 11 is 0. The number of hydrogen-bond donors (Lipinski definition) is 3. The average Bonchev–Trinajstić information content (AvgIpc) is 2.79. The molecule has 0 aromatic heterocycles. The van der Waals surface area contributed by atoms with Gasteiger partial charge in [-0.05, 0) is 55.7 Å². The lowest BCUT2D eigenvalue weighted by Gasteiger charge is -2.14. The SMILES string of the molecule is C=CCNC(=O)C(=O)N/N=C\c1ccc(OCC(=O)Nc2c(C)cccc2C)c(OCC)c1.